The van der Waals surface area contributed by atoms with Gasteiger partial charge in [0.05, 0.1) is 10.4 Å². The third-order valence-electron chi connectivity index (χ3n) is 3.23. The maximum Gasteiger partial charge on any atom is 0.308 e. The number of benzene rings is 1. The van der Waals surface area contributed by atoms with E-state index in [0.29, 0.717) is 0 Å². The SMILES string of the molecule is CC(=O)Oc1c(C(Br)CCN[SH](=O)=O)oc(-c2cccc(F)c2F)c1O. The maximum atomic E-state index is 14.0. The summed E-state index contributed by atoms with van der Waals surface area (Å²) in [6, 6.07) is 3.31. The zero-order valence-corrected chi connectivity index (χ0v) is 15.8. The predicted octanol–water partition coefficient (Wildman–Crippen LogP) is 2.80. The molecular weight excluding hydrogens is 440 g/mol. The second kappa shape index (κ2) is 8.60. The number of hydrogen-bond acceptors (Lipinski definition) is 6. The lowest BCUT2D eigenvalue weighted by Gasteiger charge is -2.08. The molecule has 2 rings (SSSR count). The molecule has 0 saturated carbocycles. The summed E-state index contributed by atoms with van der Waals surface area (Å²) in [6.07, 6.45) is 0.162. The molecule has 142 valence electrons. The van der Waals surface area contributed by atoms with Crippen molar-refractivity contribution < 1.29 is 36.3 Å². The summed E-state index contributed by atoms with van der Waals surface area (Å²) in [7, 11) is -2.79. The number of carbonyl (C=O) groups is 1. The summed E-state index contributed by atoms with van der Waals surface area (Å²) in [6.45, 7) is 1.12. The lowest BCUT2D eigenvalue weighted by atomic mass is 10.1. The molecule has 0 amide bonds. The topological polar surface area (TPSA) is 106 Å². The summed E-state index contributed by atoms with van der Waals surface area (Å²) in [5, 5.41) is 10.3. The first kappa shape index (κ1) is 20.3. The van der Waals surface area contributed by atoms with E-state index in [1.54, 1.807) is 0 Å². The van der Waals surface area contributed by atoms with Crippen molar-refractivity contribution in [1.29, 1.82) is 0 Å². The van der Waals surface area contributed by atoms with Crippen LogP contribution in [-0.2, 0) is 15.7 Å². The van der Waals surface area contributed by atoms with E-state index in [1.807, 2.05) is 0 Å². The van der Waals surface area contributed by atoms with Crippen molar-refractivity contribution in [3.05, 3.63) is 35.6 Å². The number of halogens is 3. The fraction of sp³-hybridized carbons (Fsp3) is 0.267. The molecule has 1 atom stereocenters. The molecule has 2 aromatic rings. The Morgan fingerprint density at radius 2 is 2.12 bits per heavy atom. The largest absolute Gasteiger partial charge is 0.502 e. The van der Waals surface area contributed by atoms with Crippen LogP contribution in [0, 0.1) is 11.6 Å². The average Bonchev–Trinajstić information content (AvgIpc) is 2.86. The third-order valence-corrected chi connectivity index (χ3v) is 4.59. The summed E-state index contributed by atoms with van der Waals surface area (Å²) < 4.78 is 61.1. The van der Waals surface area contributed by atoms with E-state index in [0.717, 1.165) is 13.0 Å². The molecule has 1 heterocycles. The van der Waals surface area contributed by atoms with Crippen molar-refractivity contribution >= 4 is 32.8 Å². The Labute approximate surface area is 157 Å². The molecule has 11 heteroatoms. The van der Waals surface area contributed by atoms with E-state index in [4.69, 9.17) is 9.15 Å². The molecule has 0 radical (unpaired) electrons. The minimum absolute atomic E-state index is 0.0270. The van der Waals surface area contributed by atoms with Crippen molar-refractivity contribution in [1.82, 2.24) is 4.72 Å². The van der Waals surface area contributed by atoms with Crippen molar-refractivity contribution in [2.75, 3.05) is 6.54 Å². The zero-order valence-electron chi connectivity index (χ0n) is 13.3. The normalized spacial score (nSPS) is 12.3. The lowest BCUT2D eigenvalue weighted by Crippen LogP contribution is -2.14. The van der Waals surface area contributed by atoms with Gasteiger partial charge in [0.1, 0.15) is 0 Å². The van der Waals surface area contributed by atoms with Crippen LogP contribution in [-0.4, -0.2) is 26.0 Å². The highest BCUT2D eigenvalue weighted by atomic mass is 79.9. The number of esters is 1. The minimum atomic E-state index is -2.79. The van der Waals surface area contributed by atoms with Gasteiger partial charge in [-0.25, -0.2) is 21.9 Å². The molecule has 0 spiro atoms. The molecule has 1 unspecified atom stereocenters. The Bertz CT molecular complexity index is 891. The number of thiol groups is 1. The van der Waals surface area contributed by atoms with Crippen LogP contribution in [0.25, 0.3) is 11.3 Å². The van der Waals surface area contributed by atoms with E-state index in [9.17, 15) is 27.1 Å². The molecule has 2 N–H and O–H groups in total. The fourth-order valence-electron chi connectivity index (χ4n) is 2.15. The highest BCUT2D eigenvalue weighted by Crippen LogP contribution is 2.48. The second-order valence-electron chi connectivity index (χ2n) is 5.09. The van der Waals surface area contributed by atoms with E-state index < -0.39 is 44.8 Å². The molecular formula is C15H14BrF2NO6S. The van der Waals surface area contributed by atoms with Crippen LogP contribution < -0.4 is 9.46 Å². The molecule has 0 aliphatic rings. The van der Waals surface area contributed by atoms with Crippen LogP contribution in [0.15, 0.2) is 22.6 Å². The Hall–Kier alpha value is -1.98. The van der Waals surface area contributed by atoms with Crippen molar-refractivity contribution in [2.24, 2.45) is 0 Å². The number of alkyl halides is 1. The summed E-state index contributed by atoms with van der Waals surface area (Å²) in [4.78, 5) is 10.6. The first-order valence-electron chi connectivity index (χ1n) is 7.22. The zero-order chi connectivity index (χ0) is 19.4. The van der Waals surface area contributed by atoms with Crippen LogP contribution in [0.2, 0.25) is 0 Å². The Kier molecular flexibility index (Phi) is 6.73. The quantitative estimate of drug-likeness (QED) is 0.338. The van der Waals surface area contributed by atoms with E-state index in [2.05, 4.69) is 20.7 Å². The van der Waals surface area contributed by atoms with Crippen LogP contribution in [0.5, 0.6) is 11.5 Å². The number of carbonyl (C=O) groups excluding carboxylic acids is 1. The molecule has 7 nitrogen and oxygen atoms in total. The predicted molar refractivity (Wildman–Crippen MR) is 91.6 cm³/mol. The van der Waals surface area contributed by atoms with Gasteiger partial charge >= 0.3 is 5.97 Å². The van der Waals surface area contributed by atoms with Crippen LogP contribution >= 0.6 is 15.9 Å². The van der Waals surface area contributed by atoms with Gasteiger partial charge in [-0.3, -0.25) is 4.79 Å². The van der Waals surface area contributed by atoms with Crippen molar-refractivity contribution in [2.45, 2.75) is 18.2 Å². The van der Waals surface area contributed by atoms with Crippen molar-refractivity contribution in [3.8, 4) is 22.8 Å². The van der Waals surface area contributed by atoms with Gasteiger partial charge in [-0.1, -0.05) is 22.0 Å². The van der Waals surface area contributed by atoms with Crippen LogP contribution in [0.4, 0.5) is 8.78 Å². The van der Waals surface area contributed by atoms with Gasteiger partial charge in [0, 0.05) is 13.5 Å². The minimum Gasteiger partial charge on any atom is -0.502 e. The Morgan fingerprint density at radius 1 is 1.42 bits per heavy atom. The third kappa shape index (κ3) is 4.59. The Balaban J connectivity index is 2.47. The molecule has 0 bridgehead atoms. The highest BCUT2D eigenvalue weighted by molar-refractivity contribution is 9.09. The molecule has 0 aliphatic heterocycles. The number of aromatic hydroxyl groups is 1. The molecule has 0 saturated heterocycles. The molecule has 1 aromatic carbocycles. The van der Waals surface area contributed by atoms with E-state index in [-0.39, 0.29) is 30.0 Å². The fourth-order valence-corrected chi connectivity index (χ4v) is 2.99. The molecule has 0 fully saturated rings. The monoisotopic (exact) mass is 453 g/mol. The number of furan rings is 1. The molecule has 0 aliphatic carbocycles. The summed E-state index contributed by atoms with van der Waals surface area (Å²) >= 11 is 3.23. The molecule has 26 heavy (non-hydrogen) atoms. The van der Waals surface area contributed by atoms with Crippen LogP contribution in [0.1, 0.15) is 23.9 Å². The number of ether oxygens (including phenoxy) is 1. The van der Waals surface area contributed by atoms with Gasteiger partial charge in [0.25, 0.3) is 0 Å². The van der Waals surface area contributed by atoms with Gasteiger partial charge in [-0.15, -0.1) is 0 Å². The second-order valence-corrected chi connectivity index (χ2v) is 7.03. The highest BCUT2D eigenvalue weighted by Gasteiger charge is 2.29. The van der Waals surface area contributed by atoms with Gasteiger partial charge in [0.2, 0.25) is 22.4 Å². The van der Waals surface area contributed by atoms with Crippen LogP contribution in [0.3, 0.4) is 0 Å². The maximum absolute atomic E-state index is 14.0. The van der Waals surface area contributed by atoms with Gasteiger partial charge < -0.3 is 14.3 Å². The van der Waals surface area contributed by atoms with E-state index >= 15 is 0 Å². The van der Waals surface area contributed by atoms with Gasteiger partial charge in [-0.2, -0.15) is 0 Å². The number of hydrogen-bond donors (Lipinski definition) is 3. The van der Waals surface area contributed by atoms with Gasteiger partial charge in [0.15, 0.2) is 23.2 Å². The van der Waals surface area contributed by atoms with E-state index in [1.165, 1.54) is 12.1 Å². The smallest absolute Gasteiger partial charge is 0.308 e. The lowest BCUT2D eigenvalue weighted by molar-refractivity contribution is -0.132. The molecule has 1 aromatic heterocycles. The van der Waals surface area contributed by atoms with Crippen molar-refractivity contribution in [3.63, 3.8) is 0 Å². The number of rotatable bonds is 7. The first-order chi connectivity index (χ1) is 12.2. The average molecular weight is 454 g/mol. The standard InChI is InChI=1S/C15H14BrF2NO6S/c1-7(20)24-15-12(21)13(8-3-2-4-10(17)11(8)18)25-14(15)9(16)5-6-19-26(22)23/h2-4,9,21,26H,5-6H2,1H3,(H,19,22,23). The Morgan fingerprint density at radius 3 is 2.73 bits per heavy atom. The summed E-state index contributed by atoms with van der Waals surface area (Å²) in [5.74, 6) is -4.67. The number of nitrogens with one attached hydrogen (secondary N) is 1. The first-order valence-corrected chi connectivity index (χ1v) is 9.32. The summed E-state index contributed by atoms with van der Waals surface area (Å²) in [5.41, 5.74) is -0.359. The van der Waals surface area contributed by atoms with Gasteiger partial charge in [-0.05, 0) is 18.6 Å².